The number of aromatic amines is 1. The predicted molar refractivity (Wildman–Crippen MR) is 102 cm³/mol. The van der Waals surface area contributed by atoms with E-state index >= 15 is 0 Å². The maximum Gasteiger partial charge on any atom is 0.326 e. The van der Waals surface area contributed by atoms with Gasteiger partial charge in [-0.3, -0.25) is 9.47 Å². The van der Waals surface area contributed by atoms with Crippen molar-refractivity contribution in [1.29, 1.82) is 0 Å². The van der Waals surface area contributed by atoms with Crippen LogP contribution < -0.4 is 5.69 Å². The van der Waals surface area contributed by atoms with Crippen LogP contribution in [0.25, 0.3) is 11.0 Å². The van der Waals surface area contributed by atoms with Gasteiger partial charge in [0.15, 0.2) is 0 Å². The Bertz CT molecular complexity index is 927. The first kappa shape index (κ1) is 15.4. The summed E-state index contributed by atoms with van der Waals surface area (Å²) in [5.41, 5.74) is 2.31. The number of fused-ring (bicyclic) bond motifs is 1. The van der Waals surface area contributed by atoms with Crippen molar-refractivity contribution in [1.82, 2.24) is 14.5 Å². The summed E-state index contributed by atoms with van der Waals surface area (Å²) in [5, 5.41) is 2.20. The van der Waals surface area contributed by atoms with Gasteiger partial charge >= 0.3 is 5.69 Å². The average molecular weight is 353 g/mol. The molecule has 2 fully saturated rings. The number of hydrogen-bond acceptors (Lipinski definition) is 3. The van der Waals surface area contributed by atoms with Gasteiger partial charge in [-0.1, -0.05) is 18.2 Å². The van der Waals surface area contributed by atoms with Gasteiger partial charge in [-0.05, 0) is 55.7 Å². The van der Waals surface area contributed by atoms with E-state index in [0.29, 0.717) is 6.04 Å². The van der Waals surface area contributed by atoms with Crippen molar-refractivity contribution in [3.05, 3.63) is 57.1 Å². The van der Waals surface area contributed by atoms with Crippen LogP contribution in [-0.4, -0.2) is 27.5 Å². The Kier molecular flexibility index (Phi) is 3.61. The molecule has 1 aliphatic carbocycles. The Morgan fingerprint density at radius 1 is 1.08 bits per heavy atom. The number of H-pyrrole nitrogens is 1. The molecule has 0 radical (unpaired) electrons. The summed E-state index contributed by atoms with van der Waals surface area (Å²) in [7, 11) is 0. The molecule has 2 aromatic heterocycles. The van der Waals surface area contributed by atoms with Gasteiger partial charge in [-0.2, -0.15) is 0 Å². The van der Waals surface area contributed by atoms with Crippen molar-refractivity contribution < 1.29 is 0 Å². The molecule has 0 amide bonds. The maximum absolute atomic E-state index is 12.5. The monoisotopic (exact) mass is 353 g/mol. The Morgan fingerprint density at radius 3 is 2.56 bits per heavy atom. The van der Waals surface area contributed by atoms with Crippen LogP contribution in [0.15, 0.2) is 46.6 Å². The second kappa shape index (κ2) is 5.85. The Balaban J connectivity index is 1.40. The molecule has 1 N–H and O–H groups in total. The van der Waals surface area contributed by atoms with E-state index in [1.54, 1.807) is 0 Å². The lowest BCUT2D eigenvalue weighted by Crippen LogP contribution is -2.53. The zero-order valence-corrected chi connectivity index (χ0v) is 15.1. The largest absolute Gasteiger partial charge is 0.326 e. The molecule has 0 unspecified atom stereocenters. The third-order valence-electron chi connectivity index (χ3n) is 6.22. The Hall–Kier alpha value is -1.85. The maximum atomic E-state index is 12.5. The van der Waals surface area contributed by atoms with Crippen molar-refractivity contribution in [3.8, 4) is 0 Å². The number of thiophene rings is 1. The summed E-state index contributed by atoms with van der Waals surface area (Å²) in [6.45, 7) is 2.16. The fourth-order valence-electron chi connectivity index (χ4n) is 4.76. The van der Waals surface area contributed by atoms with Gasteiger partial charge in [0.1, 0.15) is 0 Å². The third kappa shape index (κ3) is 2.33. The number of rotatable bonds is 3. The van der Waals surface area contributed by atoms with Crippen molar-refractivity contribution >= 4 is 22.4 Å². The first-order valence-corrected chi connectivity index (χ1v) is 10.1. The third-order valence-corrected chi connectivity index (χ3v) is 7.28. The molecule has 1 saturated heterocycles. The number of piperidine rings is 1. The van der Waals surface area contributed by atoms with Crippen LogP contribution in [0.4, 0.5) is 0 Å². The minimum absolute atomic E-state index is 0.0382. The lowest BCUT2D eigenvalue weighted by molar-refractivity contribution is -0.00861. The van der Waals surface area contributed by atoms with E-state index in [1.165, 1.54) is 24.1 Å². The summed E-state index contributed by atoms with van der Waals surface area (Å²) in [6.07, 6.45) is 6.00. The molecule has 2 aliphatic rings. The molecule has 4 nitrogen and oxygen atoms in total. The van der Waals surface area contributed by atoms with Gasteiger partial charge in [0.2, 0.25) is 0 Å². The molecule has 0 atom stereocenters. The summed E-state index contributed by atoms with van der Waals surface area (Å²) in [6, 6.07) is 12.8. The van der Waals surface area contributed by atoms with Crippen LogP contribution in [0.5, 0.6) is 0 Å². The van der Waals surface area contributed by atoms with Crippen LogP contribution in [0, 0.1) is 0 Å². The van der Waals surface area contributed by atoms with E-state index in [-0.39, 0.29) is 11.2 Å². The zero-order chi connectivity index (χ0) is 16.9. The number of imidazole rings is 1. The molecule has 1 saturated carbocycles. The number of para-hydroxylation sites is 2. The van der Waals surface area contributed by atoms with Crippen molar-refractivity contribution in [3.63, 3.8) is 0 Å². The molecule has 0 spiro atoms. The summed E-state index contributed by atoms with van der Waals surface area (Å²) < 4.78 is 1.99. The van der Waals surface area contributed by atoms with E-state index in [0.717, 1.165) is 37.0 Å². The van der Waals surface area contributed by atoms with Crippen molar-refractivity contribution in [2.24, 2.45) is 0 Å². The van der Waals surface area contributed by atoms with Gasteiger partial charge in [-0.15, -0.1) is 11.3 Å². The SMILES string of the molecule is O=c1[nH]c2ccccc2n1C1CCN(C2(c3cccs3)CCC2)CC1. The van der Waals surface area contributed by atoms with Gasteiger partial charge in [0.05, 0.1) is 16.6 Å². The highest BCUT2D eigenvalue weighted by molar-refractivity contribution is 7.10. The lowest BCUT2D eigenvalue weighted by atomic mass is 9.73. The molecule has 3 aromatic rings. The van der Waals surface area contributed by atoms with Gasteiger partial charge < -0.3 is 4.98 Å². The van der Waals surface area contributed by atoms with Crippen LogP contribution in [-0.2, 0) is 5.54 Å². The summed E-state index contributed by atoms with van der Waals surface area (Å²) in [4.78, 5) is 19.7. The smallest absolute Gasteiger partial charge is 0.306 e. The van der Waals surface area contributed by atoms with Gasteiger partial charge in [0, 0.05) is 24.0 Å². The highest BCUT2D eigenvalue weighted by Crippen LogP contribution is 2.49. The van der Waals surface area contributed by atoms with E-state index in [2.05, 4.69) is 33.5 Å². The molecule has 1 aromatic carbocycles. The number of nitrogens with zero attached hydrogens (tertiary/aromatic N) is 2. The van der Waals surface area contributed by atoms with Gasteiger partial charge in [-0.25, -0.2) is 4.79 Å². The number of hydrogen-bond donors (Lipinski definition) is 1. The molecular formula is C20H23N3OS. The lowest BCUT2D eigenvalue weighted by Gasteiger charge is -2.52. The van der Waals surface area contributed by atoms with Crippen LogP contribution in [0.1, 0.15) is 43.0 Å². The first-order valence-electron chi connectivity index (χ1n) is 9.26. The molecule has 1 aliphatic heterocycles. The van der Waals surface area contributed by atoms with Crippen molar-refractivity contribution in [2.75, 3.05) is 13.1 Å². The van der Waals surface area contributed by atoms with Crippen LogP contribution in [0.2, 0.25) is 0 Å². The second-order valence-electron chi connectivity index (χ2n) is 7.40. The van der Waals surface area contributed by atoms with E-state index in [1.807, 2.05) is 34.1 Å². The fourth-order valence-corrected chi connectivity index (χ4v) is 5.78. The molecule has 25 heavy (non-hydrogen) atoms. The number of likely N-dealkylation sites (tertiary alicyclic amines) is 1. The quantitative estimate of drug-likeness (QED) is 0.770. The van der Waals surface area contributed by atoms with E-state index in [4.69, 9.17) is 0 Å². The number of nitrogens with one attached hydrogen (secondary N) is 1. The van der Waals surface area contributed by atoms with E-state index < -0.39 is 0 Å². The number of aromatic nitrogens is 2. The van der Waals surface area contributed by atoms with Gasteiger partial charge in [0.25, 0.3) is 0 Å². The molecule has 5 rings (SSSR count). The standard InChI is InChI=1S/C20H23N3OS/c24-19-21-16-5-1-2-6-17(16)23(19)15-8-12-22(13-9-15)20(10-4-11-20)18-7-3-14-25-18/h1-3,5-7,14-15H,4,8-13H2,(H,21,24). The second-order valence-corrected chi connectivity index (χ2v) is 8.35. The highest BCUT2D eigenvalue weighted by Gasteiger charge is 2.45. The molecule has 130 valence electrons. The fraction of sp³-hybridized carbons (Fsp3) is 0.450. The Morgan fingerprint density at radius 2 is 1.88 bits per heavy atom. The minimum Gasteiger partial charge on any atom is -0.306 e. The Labute approximate surface area is 151 Å². The normalized spacial score (nSPS) is 21.4. The predicted octanol–water partition coefficient (Wildman–Crippen LogP) is 4.11. The molecule has 5 heteroatoms. The average Bonchev–Trinajstić information content (AvgIpc) is 3.22. The summed E-state index contributed by atoms with van der Waals surface area (Å²) in [5.74, 6) is 0. The first-order chi connectivity index (χ1) is 12.3. The highest BCUT2D eigenvalue weighted by atomic mass is 32.1. The van der Waals surface area contributed by atoms with Crippen LogP contribution >= 0.6 is 11.3 Å². The number of benzene rings is 1. The van der Waals surface area contributed by atoms with Crippen molar-refractivity contribution in [2.45, 2.75) is 43.7 Å². The zero-order valence-electron chi connectivity index (χ0n) is 14.3. The molecule has 0 bridgehead atoms. The summed E-state index contributed by atoms with van der Waals surface area (Å²) >= 11 is 1.90. The van der Waals surface area contributed by atoms with E-state index in [9.17, 15) is 4.79 Å². The minimum atomic E-state index is 0.0382. The molecular weight excluding hydrogens is 330 g/mol. The van der Waals surface area contributed by atoms with Crippen LogP contribution in [0.3, 0.4) is 0 Å². The molecule has 3 heterocycles. The topological polar surface area (TPSA) is 41.0 Å².